The van der Waals surface area contributed by atoms with E-state index in [4.69, 9.17) is 15.5 Å². The van der Waals surface area contributed by atoms with Crippen LogP contribution < -0.4 is 11.1 Å². The molecule has 0 bridgehead atoms. The first-order valence-corrected chi connectivity index (χ1v) is 5.62. The number of hydrogen-bond acceptors (Lipinski definition) is 5. The molecule has 1 fully saturated rings. The predicted octanol–water partition coefficient (Wildman–Crippen LogP) is -0.487. The summed E-state index contributed by atoms with van der Waals surface area (Å²) in [6.07, 6.45) is 0.950. The normalized spacial score (nSPS) is 24.3. The van der Waals surface area contributed by atoms with Crippen LogP contribution in [-0.2, 0) is 14.6 Å². The summed E-state index contributed by atoms with van der Waals surface area (Å²) in [5.41, 5.74) is 5.64. The van der Waals surface area contributed by atoms with E-state index >= 15 is 0 Å². The number of likely N-dealkylation sites (N-methyl/N-ethyl adjacent to an activating group) is 1. The van der Waals surface area contributed by atoms with Gasteiger partial charge in [0.25, 0.3) is 0 Å². The number of nitrogens with one attached hydrogen (secondary N) is 1. The maximum absolute atomic E-state index is 11.1. The molecule has 0 aromatic carbocycles. The van der Waals surface area contributed by atoms with Crippen LogP contribution in [0.15, 0.2) is 0 Å². The lowest BCUT2D eigenvalue weighted by atomic mass is 10.3. The number of thioether (sulfide) groups is 1. The second kappa shape index (κ2) is 6.23. The smallest absolute Gasteiger partial charge is 0.237 e. The molecule has 82 valence electrons. The Hall–Kier alpha value is -0.300. The fourth-order valence-electron chi connectivity index (χ4n) is 1.08. The average molecular weight is 220 g/mol. The van der Waals surface area contributed by atoms with Gasteiger partial charge in [-0.1, -0.05) is 0 Å². The van der Waals surface area contributed by atoms with Crippen LogP contribution in [0.2, 0.25) is 0 Å². The number of carbonyl (C=O) groups excluding carboxylic acids is 1. The third-order valence-corrected chi connectivity index (χ3v) is 3.35. The highest BCUT2D eigenvalue weighted by atomic mass is 32.2. The van der Waals surface area contributed by atoms with Crippen molar-refractivity contribution in [1.29, 1.82) is 0 Å². The summed E-state index contributed by atoms with van der Waals surface area (Å²) in [4.78, 5) is 20.7. The van der Waals surface area contributed by atoms with Crippen LogP contribution in [-0.4, -0.2) is 43.2 Å². The highest BCUT2D eigenvalue weighted by Crippen LogP contribution is 2.19. The van der Waals surface area contributed by atoms with E-state index in [1.165, 1.54) is 0 Å². The second-order valence-corrected chi connectivity index (χ2v) is 4.40. The highest BCUT2D eigenvalue weighted by Gasteiger charge is 2.18. The maximum Gasteiger partial charge on any atom is 0.237 e. The van der Waals surface area contributed by atoms with Crippen LogP contribution in [0.4, 0.5) is 0 Å². The molecule has 0 spiro atoms. The van der Waals surface area contributed by atoms with E-state index < -0.39 is 6.04 Å². The predicted molar refractivity (Wildman–Crippen MR) is 54.8 cm³/mol. The van der Waals surface area contributed by atoms with Gasteiger partial charge in [0.05, 0.1) is 19.3 Å². The molecule has 0 saturated carbocycles. The van der Waals surface area contributed by atoms with Gasteiger partial charge in [-0.3, -0.25) is 4.79 Å². The Labute approximate surface area is 87.6 Å². The Morgan fingerprint density at radius 1 is 1.71 bits per heavy atom. The zero-order chi connectivity index (χ0) is 10.4. The summed E-state index contributed by atoms with van der Waals surface area (Å²) < 4.78 is 0. The van der Waals surface area contributed by atoms with Crippen LogP contribution in [0, 0.1) is 0 Å². The van der Waals surface area contributed by atoms with Gasteiger partial charge in [-0.2, -0.15) is 11.8 Å². The number of carbonyl (C=O) groups is 1. The molecule has 1 rings (SSSR count). The minimum absolute atomic E-state index is 0.120. The lowest BCUT2D eigenvalue weighted by Crippen LogP contribution is -2.41. The van der Waals surface area contributed by atoms with Crippen LogP contribution in [0.3, 0.4) is 0 Å². The van der Waals surface area contributed by atoms with E-state index in [0.29, 0.717) is 24.2 Å². The molecule has 1 amide bonds. The molecular weight excluding hydrogens is 204 g/mol. The summed E-state index contributed by atoms with van der Waals surface area (Å²) in [5, 5.41) is 2.91. The SMILES string of the molecule is CNC(=O)[C@@H](N)CSC1CCOOC1. The number of rotatable bonds is 4. The molecule has 6 heteroatoms. The third-order valence-electron chi connectivity index (χ3n) is 1.96. The Morgan fingerprint density at radius 2 is 2.50 bits per heavy atom. The van der Waals surface area contributed by atoms with Crippen molar-refractivity contribution < 1.29 is 14.6 Å². The summed E-state index contributed by atoms with van der Waals surface area (Å²) >= 11 is 1.66. The minimum Gasteiger partial charge on any atom is -0.358 e. The third kappa shape index (κ3) is 3.83. The van der Waals surface area contributed by atoms with Gasteiger partial charge in [0.15, 0.2) is 0 Å². The Kier molecular flexibility index (Phi) is 5.24. The van der Waals surface area contributed by atoms with Crippen molar-refractivity contribution in [3.05, 3.63) is 0 Å². The first kappa shape index (κ1) is 11.8. The zero-order valence-corrected chi connectivity index (χ0v) is 9.01. The van der Waals surface area contributed by atoms with Gasteiger partial charge in [-0.05, 0) is 6.42 Å². The summed E-state index contributed by atoms with van der Waals surface area (Å²) in [7, 11) is 1.59. The molecular formula is C8H16N2O3S. The minimum atomic E-state index is -0.437. The number of hydrogen-bond donors (Lipinski definition) is 2. The molecule has 2 atom stereocenters. The van der Waals surface area contributed by atoms with Crippen LogP contribution in [0.5, 0.6) is 0 Å². The van der Waals surface area contributed by atoms with Crippen molar-refractivity contribution in [2.45, 2.75) is 17.7 Å². The standard InChI is InChI=1S/C8H16N2O3S/c1-10-8(11)7(9)5-14-6-2-3-12-13-4-6/h6-7H,2-5,9H2,1H3,(H,10,11)/t6?,7-/m0/s1. The molecule has 0 radical (unpaired) electrons. The van der Waals surface area contributed by atoms with Crippen molar-refractivity contribution in [3.8, 4) is 0 Å². The summed E-state index contributed by atoms with van der Waals surface area (Å²) in [5.74, 6) is 0.499. The molecule has 1 unspecified atom stereocenters. The topological polar surface area (TPSA) is 73.6 Å². The van der Waals surface area contributed by atoms with Crippen LogP contribution in [0.25, 0.3) is 0 Å². The monoisotopic (exact) mass is 220 g/mol. The zero-order valence-electron chi connectivity index (χ0n) is 8.19. The maximum atomic E-state index is 11.1. The Morgan fingerprint density at radius 3 is 3.07 bits per heavy atom. The molecule has 1 saturated heterocycles. The van der Waals surface area contributed by atoms with Gasteiger partial charge in [-0.25, -0.2) is 9.78 Å². The van der Waals surface area contributed by atoms with Gasteiger partial charge >= 0.3 is 0 Å². The van der Waals surface area contributed by atoms with Crippen molar-refractivity contribution in [3.63, 3.8) is 0 Å². The lowest BCUT2D eigenvalue weighted by molar-refractivity contribution is -0.310. The first-order valence-electron chi connectivity index (χ1n) is 4.57. The number of amides is 1. The largest absolute Gasteiger partial charge is 0.358 e. The van der Waals surface area contributed by atoms with E-state index in [1.54, 1.807) is 18.8 Å². The molecule has 1 heterocycles. The van der Waals surface area contributed by atoms with Crippen LogP contribution >= 0.6 is 11.8 Å². The quantitative estimate of drug-likeness (QED) is 0.626. The average Bonchev–Trinajstić information content (AvgIpc) is 2.26. The van der Waals surface area contributed by atoms with Crippen molar-refractivity contribution >= 4 is 17.7 Å². The van der Waals surface area contributed by atoms with E-state index in [-0.39, 0.29) is 5.91 Å². The van der Waals surface area contributed by atoms with E-state index in [2.05, 4.69) is 5.32 Å². The van der Waals surface area contributed by atoms with Gasteiger partial charge in [0, 0.05) is 18.1 Å². The van der Waals surface area contributed by atoms with Crippen molar-refractivity contribution in [2.75, 3.05) is 26.0 Å². The molecule has 0 aromatic rings. The Bertz CT molecular complexity index is 185. The molecule has 0 aliphatic carbocycles. The van der Waals surface area contributed by atoms with E-state index in [9.17, 15) is 4.79 Å². The van der Waals surface area contributed by atoms with Gasteiger partial charge in [0.2, 0.25) is 5.91 Å². The summed E-state index contributed by atoms with van der Waals surface area (Å²) in [6.45, 7) is 1.19. The Balaban J connectivity index is 2.15. The van der Waals surface area contributed by atoms with Crippen molar-refractivity contribution in [2.24, 2.45) is 5.73 Å². The van der Waals surface area contributed by atoms with Gasteiger partial charge in [0.1, 0.15) is 0 Å². The lowest BCUT2D eigenvalue weighted by Gasteiger charge is -2.21. The van der Waals surface area contributed by atoms with Crippen LogP contribution in [0.1, 0.15) is 6.42 Å². The summed E-state index contributed by atoms with van der Waals surface area (Å²) in [6, 6.07) is -0.437. The highest BCUT2D eigenvalue weighted by molar-refractivity contribution is 8.00. The van der Waals surface area contributed by atoms with Crippen molar-refractivity contribution in [1.82, 2.24) is 5.32 Å². The number of nitrogens with two attached hydrogens (primary N) is 1. The van der Waals surface area contributed by atoms with E-state index in [1.807, 2.05) is 0 Å². The molecule has 3 N–H and O–H groups in total. The fraction of sp³-hybridized carbons (Fsp3) is 0.875. The molecule has 14 heavy (non-hydrogen) atoms. The van der Waals surface area contributed by atoms with Gasteiger partial charge < -0.3 is 11.1 Å². The first-order chi connectivity index (χ1) is 6.74. The molecule has 0 aromatic heterocycles. The van der Waals surface area contributed by atoms with E-state index in [0.717, 1.165) is 6.42 Å². The fourth-order valence-corrected chi connectivity index (χ4v) is 2.12. The molecule has 1 aliphatic rings. The molecule has 5 nitrogen and oxygen atoms in total. The molecule has 1 aliphatic heterocycles. The second-order valence-electron chi connectivity index (χ2n) is 3.07. The van der Waals surface area contributed by atoms with Gasteiger partial charge in [-0.15, -0.1) is 0 Å².